The van der Waals surface area contributed by atoms with Crippen LogP contribution in [0.25, 0.3) is 11.4 Å². The van der Waals surface area contributed by atoms with Crippen LogP contribution >= 0.6 is 0 Å². The van der Waals surface area contributed by atoms with Crippen LogP contribution in [0, 0.1) is 11.3 Å². The molecule has 1 N–H and O–H groups in total. The van der Waals surface area contributed by atoms with Gasteiger partial charge in [0.15, 0.2) is 0 Å². The van der Waals surface area contributed by atoms with Gasteiger partial charge in [-0.2, -0.15) is 18.2 Å². The number of nitrogens with zero attached hydrogens (tertiary/aromatic N) is 3. The van der Waals surface area contributed by atoms with E-state index in [9.17, 15) is 27.9 Å². The van der Waals surface area contributed by atoms with Crippen LogP contribution in [0.15, 0.2) is 28.8 Å². The lowest BCUT2D eigenvalue weighted by atomic mass is 9.76. The highest BCUT2D eigenvalue weighted by Crippen LogP contribution is 2.38. The van der Waals surface area contributed by atoms with Gasteiger partial charge in [0.05, 0.1) is 5.41 Å². The molecule has 0 bridgehead atoms. The molecular weight excluding hydrogens is 379 g/mol. The summed E-state index contributed by atoms with van der Waals surface area (Å²) in [6.07, 6.45) is -4.36. The minimum atomic E-state index is -4.73. The van der Waals surface area contributed by atoms with Crippen LogP contribution in [0.3, 0.4) is 0 Å². The number of carboxylic acids is 1. The van der Waals surface area contributed by atoms with Crippen molar-refractivity contribution in [2.75, 3.05) is 13.1 Å². The SMILES string of the molecule is CC(C)C1(C(=O)O)CCN(C(=O)c2ccc(-c3noc(C(F)(F)F)n3)cc2)C1. The third-order valence-corrected chi connectivity index (χ3v) is 5.18. The van der Waals surface area contributed by atoms with Crippen molar-refractivity contribution in [1.29, 1.82) is 0 Å². The van der Waals surface area contributed by atoms with Crippen LogP contribution in [-0.2, 0) is 11.0 Å². The van der Waals surface area contributed by atoms with Gasteiger partial charge in [-0.3, -0.25) is 9.59 Å². The monoisotopic (exact) mass is 397 g/mol. The van der Waals surface area contributed by atoms with Crippen molar-refractivity contribution in [2.24, 2.45) is 11.3 Å². The third kappa shape index (κ3) is 3.46. The quantitative estimate of drug-likeness (QED) is 0.850. The molecule has 1 amide bonds. The van der Waals surface area contributed by atoms with Crippen LogP contribution in [0.2, 0.25) is 0 Å². The zero-order valence-corrected chi connectivity index (χ0v) is 15.2. The van der Waals surface area contributed by atoms with Crippen molar-refractivity contribution >= 4 is 11.9 Å². The summed E-state index contributed by atoms with van der Waals surface area (Å²) in [5.74, 6) is -3.08. The molecule has 28 heavy (non-hydrogen) atoms. The highest BCUT2D eigenvalue weighted by atomic mass is 19.4. The number of amides is 1. The van der Waals surface area contributed by atoms with Crippen LogP contribution < -0.4 is 0 Å². The number of carbonyl (C=O) groups is 2. The maximum absolute atomic E-state index is 12.7. The van der Waals surface area contributed by atoms with Gasteiger partial charge in [-0.05, 0) is 24.5 Å². The van der Waals surface area contributed by atoms with Crippen molar-refractivity contribution in [2.45, 2.75) is 26.4 Å². The molecule has 7 nitrogen and oxygen atoms in total. The molecule has 1 saturated heterocycles. The van der Waals surface area contributed by atoms with Crippen molar-refractivity contribution in [3.8, 4) is 11.4 Å². The largest absolute Gasteiger partial charge is 0.481 e. The number of halogens is 3. The molecule has 1 fully saturated rings. The van der Waals surface area contributed by atoms with Gasteiger partial charge < -0.3 is 14.5 Å². The first-order valence-electron chi connectivity index (χ1n) is 8.58. The average Bonchev–Trinajstić information content (AvgIpc) is 3.29. The maximum atomic E-state index is 12.7. The fourth-order valence-corrected chi connectivity index (χ4v) is 3.30. The van der Waals surface area contributed by atoms with E-state index < -0.39 is 23.5 Å². The second kappa shape index (κ2) is 6.92. The number of carboxylic acid groups (broad SMARTS) is 1. The summed E-state index contributed by atoms with van der Waals surface area (Å²) in [6, 6.07) is 5.72. The molecule has 0 radical (unpaired) electrons. The Balaban J connectivity index is 1.76. The van der Waals surface area contributed by atoms with Gasteiger partial charge in [0.1, 0.15) is 0 Å². The lowest BCUT2D eigenvalue weighted by molar-refractivity contribution is -0.159. The van der Waals surface area contributed by atoms with Gasteiger partial charge in [-0.15, -0.1) is 0 Å². The minimum Gasteiger partial charge on any atom is -0.481 e. The number of aromatic nitrogens is 2. The smallest absolute Gasteiger partial charge is 0.471 e. The first-order valence-corrected chi connectivity index (χ1v) is 8.58. The molecule has 0 aliphatic carbocycles. The minimum absolute atomic E-state index is 0.111. The van der Waals surface area contributed by atoms with E-state index in [1.807, 2.05) is 13.8 Å². The van der Waals surface area contributed by atoms with Crippen molar-refractivity contribution in [3.63, 3.8) is 0 Å². The summed E-state index contributed by atoms with van der Waals surface area (Å²) in [6.45, 7) is 4.07. The predicted octanol–water partition coefficient (Wildman–Crippen LogP) is 3.33. The second-order valence-corrected chi connectivity index (χ2v) is 7.09. The Kier molecular flexibility index (Phi) is 4.90. The standard InChI is InChI=1S/C18H18F3N3O4/c1-10(2)17(16(26)27)7-8-24(9-17)14(25)12-5-3-11(4-6-12)13-22-15(28-23-13)18(19,20)21/h3-6,10H,7-9H2,1-2H3,(H,26,27). The molecule has 0 spiro atoms. The first kappa shape index (κ1) is 19.8. The number of benzene rings is 1. The van der Waals surface area contributed by atoms with Gasteiger partial charge in [0.2, 0.25) is 5.82 Å². The number of alkyl halides is 3. The van der Waals surface area contributed by atoms with Crippen LogP contribution in [0.5, 0.6) is 0 Å². The number of rotatable bonds is 4. The van der Waals surface area contributed by atoms with E-state index in [1.165, 1.54) is 29.2 Å². The molecule has 1 aliphatic rings. The van der Waals surface area contributed by atoms with E-state index in [-0.39, 0.29) is 29.8 Å². The number of hydrogen-bond donors (Lipinski definition) is 1. The van der Waals surface area contributed by atoms with E-state index in [1.54, 1.807) is 0 Å². The Morgan fingerprint density at radius 1 is 1.25 bits per heavy atom. The zero-order chi connectivity index (χ0) is 20.7. The van der Waals surface area contributed by atoms with E-state index in [4.69, 9.17) is 0 Å². The highest BCUT2D eigenvalue weighted by Gasteiger charge is 2.48. The van der Waals surface area contributed by atoms with Gasteiger partial charge in [-0.25, -0.2) is 0 Å². The van der Waals surface area contributed by atoms with E-state index >= 15 is 0 Å². The lowest BCUT2D eigenvalue weighted by Gasteiger charge is -2.28. The summed E-state index contributed by atoms with van der Waals surface area (Å²) < 4.78 is 41.8. The molecule has 1 aliphatic heterocycles. The summed E-state index contributed by atoms with van der Waals surface area (Å²) in [5, 5.41) is 12.9. The normalized spacial score (nSPS) is 20.0. The Morgan fingerprint density at radius 2 is 1.89 bits per heavy atom. The molecule has 1 aromatic carbocycles. The summed E-state index contributed by atoms with van der Waals surface area (Å²) in [4.78, 5) is 29.2. The molecule has 2 heterocycles. The first-order chi connectivity index (χ1) is 13.0. The van der Waals surface area contributed by atoms with E-state index in [0.717, 1.165) is 0 Å². The molecular formula is C18H18F3N3O4. The van der Waals surface area contributed by atoms with E-state index in [2.05, 4.69) is 14.7 Å². The molecule has 3 rings (SSSR count). The fourth-order valence-electron chi connectivity index (χ4n) is 3.30. The number of aliphatic carboxylic acids is 1. The Hall–Kier alpha value is -2.91. The van der Waals surface area contributed by atoms with Crippen molar-refractivity contribution < 1.29 is 32.4 Å². The molecule has 0 saturated carbocycles. The molecule has 10 heteroatoms. The Morgan fingerprint density at radius 3 is 2.36 bits per heavy atom. The second-order valence-electron chi connectivity index (χ2n) is 7.09. The van der Waals surface area contributed by atoms with Crippen LogP contribution in [0.1, 0.15) is 36.5 Å². The number of likely N-dealkylation sites (tertiary alicyclic amines) is 1. The number of hydrogen-bond acceptors (Lipinski definition) is 5. The zero-order valence-electron chi connectivity index (χ0n) is 15.2. The van der Waals surface area contributed by atoms with Crippen molar-refractivity contribution in [3.05, 3.63) is 35.7 Å². The lowest BCUT2D eigenvalue weighted by Crippen LogP contribution is -2.40. The summed E-state index contributed by atoms with van der Waals surface area (Å²) >= 11 is 0. The summed E-state index contributed by atoms with van der Waals surface area (Å²) in [7, 11) is 0. The van der Waals surface area contributed by atoms with Gasteiger partial charge in [0.25, 0.3) is 5.91 Å². The average molecular weight is 397 g/mol. The molecule has 1 atom stereocenters. The van der Waals surface area contributed by atoms with Crippen molar-refractivity contribution in [1.82, 2.24) is 15.0 Å². The third-order valence-electron chi connectivity index (χ3n) is 5.18. The topological polar surface area (TPSA) is 96.5 Å². The van der Waals surface area contributed by atoms with Gasteiger partial charge in [0, 0.05) is 24.2 Å². The van der Waals surface area contributed by atoms with Crippen LogP contribution in [-0.4, -0.2) is 45.1 Å². The van der Waals surface area contributed by atoms with Gasteiger partial charge in [-0.1, -0.05) is 31.1 Å². The fraction of sp³-hybridized carbons (Fsp3) is 0.444. The summed E-state index contributed by atoms with van der Waals surface area (Å²) in [5.41, 5.74) is -0.415. The van der Waals surface area contributed by atoms with E-state index in [0.29, 0.717) is 18.5 Å². The predicted molar refractivity (Wildman–Crippen MR) is 90.2 cm³/mol. The Bertz CT molecular complexity index is 892. The van der Waals surface area contributed by atoms with Gasteiger partial charge >= 0.3 is 18.0 Å². The molecule has 2 aromatic rings. The van der Waals surface area contributed by atoms with Crippen LogP contribution in [0.4, 0.5) is 13.2 Å². The highest BCUT2D eigenvalue weighted by molar-refractivity contribution is 5.95. The number of carbonyl (C=O) groups excluding carboxylic acids is 1. The molecule has 1 aromatic heterocycles. The maximum Gasteiger partial charge on any atom is 0.471 e. The Labute approximate surface area is 158 Å². The molecule has 150 valence electrons. The molecule has 1 unspecified atom stereocenters.